The van der Waals surface area contributed by atoms with Crippen molar-refractivity contribution in [3.05, 3.63) is 0 Å². The van der Waals surface area contributed by atoms with E-state index in [4.69, 9.17) is 31.7 Å². The first kappa shape index (κ1) is 26.8. The normalized spacial score (nSPS) is 24.0. The van der Waals surface area contributed by atoms with Crippen molar-refractivity contribution in [2.24, 2.45) is 11.5 Å². The quantitative estimate of drug-likeness (QED) is 0.272. The van der Waals surface area contributed by atoms with Crippen LogP contribution in [0.2, 0.25) is 0 Å². The topological polar surface area (TPSA) is 112 Å². The maximum absolute atomic E-state index is 5.67. The van der Waals surface area contributed by atoms with E-state index in [2.05, 4.69) is 26.6 Å². The molecule has 1 heterocycles. The first-order chi connectivity index (χ1) is 12.8. The molecule has 1 aliphatic rings. The van der Waals surface area contributed by atoms with Crippen LogP contribution in [0, 0.1) is 0 Å². The molecule has 0 bridgehead atoms. The van der Waals surface area contributed by atoms with Gasteiger partial charge in [-0.15, -0.1) is 0 Å². The standard InChI is InChI=1S/C16H39N7.2ClH.Mn/c17-5-1-3-15-13-21-10-9-19-7-8-20-11-12-22-16(14-23-15)4-2-6-18;;;/h15-16,19-23H,1-14,17-18H2;2*1H;/q;;;+2/p-2/t15-,16?;;;/m0.../s1. The maximum atomic E-state index is 5.67. The van der Waals surface area contributed by atoms with Gasteiger partial charge in [-0.1, -0.05) is 0 Å². The van der Waals surface area contributed by atoms with Crippen molar-refractivity contribution < 1.29 is 13.1 Å². The first-order valence-corrected chi connectivity index (χ1v) is 12.9. The van der Waals surface area contributed by atoms with Crippen LogP contribution in [0.3, 0.4) is 0 Å². The van der Waals surface area contributed by atoms with Crippen molar-refractivity contribution in [1.29, 1.82) is 0 Å². The SMILES string of the molecule is NCCCC1CN[C@@H](CCCN)CNCCNCCNCCN1.[Cl][Mn][Cl]. The molecule has 0 aromatic rings. The van der Waals surface area contributed by atoms with Gasteiger partial charge < -0.3 is 38.1 Å². The van der Waals surface area contributed by atoms with Crippen molar-refractivity contribution in [3.8, 4) is 0 Å². The molecule has 1 rings (SSSR count). The van der Waals surface area contributed by atoms with Crippen molar-refractivity contribution in [1.82, 2.24) is 26.6 Å². The number of nitrogens with one attached hydrogen (secondary N) is 5. The summed E-state index contributed by atoms with van der Waals surface area (Å²) in [5, 5.41) is 17.8. The van der Waals surface area contributed by atoms with Crippen LogP contribution in [0.15, 0.2) is 0 Å². The molecule has 159 valence electrons. The van der Waals surface area contributed by atoms with Crippen LogP contribution in [0.1, 0.15) is 25.7 Å². The molecule has 7 nitrogen and oxygen atoms in total. The Morgan fingerprint density at radius 2 is 1.15 bits per heavy atom. The average Bonchev–Trinajstić information content (AvgIpc) is 2.65. The summed E-state index contributed by atoms with van der Waals surface area (Å²) in [5.41, 5.74) is 11.3. The Morgan fingerprint density at radius 1 is 0.692 bits per heavy atom. The third-order valence-electron chi connectivity index (χ3n) is 4.25. The van der Waals surface area contributed by atoms with Gasteiger partial charge in [-0.2, -0.15) is 0 Å². The zero-order chi connectivity index (χ0) is 19.3. The summed E-state index contributed by atoms with van der Waals surface area (Å²) in [7, 11) is 9.59. The zero-order valence-electron chi connectivity index (χ0n) is 15.8. The minimum atomic E-state index is 0.00694. The molecule has 1 fully saturated rings. The molecule has 0 aromatic heterocycles. The molecule has 0 saturated carbocycles. The van der Waals surface area contributed by atoms with E-state index >= 15 is 0 Å². The van der Waals surface area contributed by atoms with Gasteiger partial charge in [-0.25, -0.2) is 0 Å². The molecular weight excluding hydrogens is 416 g/mol. The second-order valence-electron chi connectivity index (χ2n) is 6.38. The van der Waals surface area contributed by atoms with Crippen LogP contribution in [-0.2, 0) is 13.1 Å². The van der Waals surface area contributed by atoms with Gasteiger partial charge >= 0.3 is 33.3 Å². The Balaban J connectivity index is 0.00000194. The number of rotatable bonds is 6. The fourth-order valence-electron chi connectivity index (χ4n) is 2.83. The summed E-state index contributed by atoms with van der Waals surface area (Å²) in [6.07, 6.45) is 4.40. The predicted molar refractivity (Wildman–Crippen MR) is 110 cm³/mol. The Morgan fingerprint density at radius 3 is 1.69 bits per heavy atom. The number of hydrogen-bond acceptors (Lipinski definition) is 7. The van der Waals surface area contributed by atoms with Crippen LogP contribution in [0.4, 0.5) is 0 Å². The van der Waals surface area contributed by atoms with E-state index in [0.717, 1.165) is 91.1 Å². The van der Waals surface area contributed by atoms with Gasteiger partial charge in [0.2, 0.25) is 0 Å². The summed E-state index contributed by atoms with van der Waals surface area (Å²) in [5.74, 6) is 0. The Kier molecular flexibility index (Phi) is 22.8. The molecule has 10 heteroatoms. The summed E-state index contributed by atoms with van der Waals surface area (Å²) in [6.45, 7) is 9.61. The van der Waals surface area contributed by atoms with Crippen molar-refractivity contribution in [3.63, 3.8) is 0 Å². The van der Waals surface area contributed by atoms with Crippen LogP contribution in [0.25, 0.3) is 0 Å². The van der Waals surface area contributed by atoms with Crippen molar-refractivity contribution in [2.75, 3.05) is 65.4 Å². The predicted octanol–water partition coefficient (Wildman–Crippen LogP) is -0.460. The monoisotopic (exact) mass is 454 g/mol. The van der Waals surface area contributed by atoms with E-state index in [0.29, 0.717) is 12.1 Å². The molecule has 1 saturated heterocycles. The molecule has 0 spiro atoms. The fourth-order valence-corrected chi connectivity index (χ4v) is 2.83. The second-order valence-corrected chi connectivity index (χ2v) is 8.33. The average molecular weight is 455 g/mol. The molecule has 1 unspecified atom stereocenters. The van der Waals surface area contributed by atoms with Gasteiger partial charge in [0.1, 0.15) is 0 Å². The third-order valence-corrected chi connectivity index (χ3v) is 4.25. The van der Waals surface area contributed by atoms with E-state index in [1.54, 1.807) is 0 Å². The van der Waals surface area contributed by atoms with Crippen LogP contribution < -0.4 is 38.1 Å². The molecule has 1 aliphatic heterocycles. The van der Waals surface area contributed by atoms with Gasteiger partial charge in [0.05, 0.1) is 0 Å². The molecule has 9 N–H and O–H groups in total. The van der Waals surface area contributed by atoms with E-state index < -0.39 is 0 Å². The van der Waals surface area contributed by atoms with Gasteiger partial charge in [-0.05, 0) is 38.8 Å². The van der Waals surface area contributed by atoms with Crippen LogP contribution >= 0.6 is 20.2 Å². The van der Waals surface area contributed by atoms with Crippen LogP contribution in [-0.4, -0.2) is 77.5 Å². The van der Waals surface area contributed by atoms with Gasteiger partial charge in [0.25, 0.3) is 0 Å². The summed E-state index contributed by atoms with van der Waals surface area (Å²) in [6, 6.07) is 0.980. The summed E-state index contributed by atoms with van der Waals surface area (Å²) in [4.78, 5) is 0. The zero-order valence-corrected chi connectivity index (χ0v) is 18.5. The van der Waals surface area contributed by atoms with Gasteiger partial charge in [-0.3, -0.25) is 0 Å². The van der Waals surface area contributed by atoms with Gasteiger partial charge in [0, 0.05) is 64.4 Å². The second kappa shape index (κ2) is 22.1. The molecule has 0 aromatic carbocycles. The number of hydrogen-bond donors (Lipinski definition) is 7. The first-order valence-electron chi connectivity index (χ1n) is 9.64. The van der Waals surface area contributed by atoms with Crippen LogP contribution in [0.5, 0.6) is 0 Å². The molecular formula is C16H39Cl2MnN7. The Bertz CT molecular complexity index is 257. The fraction of sp³-hybridized carbons (Fsp3) is 1.00. The Hall–Kier alpha value is 0.819. The molecule has 0 aliphatic carbocycles. The molecule has 0 amide bonds. The Labute approximate surface area is 174 Å². The summed E-state index contributed by atoms with van der Waals surface area (Å²) < 4.78 is 0. The minimum absolute atomic E-state index is 0.00694. The van der Waals surface area contributed by atoms with Gasteiger partial charge in [0.15, 0.2) is 0 Å². The third kappa shape index (κ3) is 18.2. The van der Waals surface area contributed by atoms with Crippen molar-refractivity contribution in [2.45, 2.75) is 37.8 Å². The molecule has 2 atom stereocenters. The molecule has 0 radical (unpaired) electrons. The summed E-state index contributed by atoms with van der Waals surface area (Å²) >= 11 is 0.00694. The van der Waals surface area contributed by atoms with Crippen molar-refractivity contribution >= 4 is 20.2 Å². The van der Waals surface area contributed by atoms with E-state index in [9.17, 15) is 0 Å². The van der Waals surface area contributed by atoms with E-state index in [-0.39, 0.29) is 13.1 Å². The number of nitrogens with two attached hydrogens (primary N) is 2. The molecule has 26 heavy (non-hydrogen) atoms. The van der Waals surface area contributed by atoms with E-state index in [1.807, 2.05) is 0 Å². The van der Waals surface area contributed by atoms with E-state index in [1.165, 1.54) is 0 Å². The number of halogens is 2.